The highest BCUT2D eigenvalue weighted by Gasteiger charge is 2.19. The number of nitrogens with zero attached hydrogens (tertiary/aromatic N) is 1. The van der Waals surface area contributed by atoms with E-state index in [2.05, 4.69) is 9.83 Å². The Morgan fingerprint density at radius 2 is 2.39 bits per heavy atom. The number of nitrogens with one attached hydrogen (secondary N) is 1. The van der Waals surface area contributed by atoms with Crippen LogP contribution in [0.1, 0.15) is 5.56 Å². The molecule has 0 radical (unpaired) electrons. The van der Waals surface area contributed by atoms with Crippen LogP contribution in [0.15, 0.2) is 24.4 Å². The van der Waals surface area contributed by atoms with Gasteiger partial charge in [0.25, 0.3) is 0 Å². The lowest BCUT2D eigenvalue weighted by Crippen LogP contribution is -2.24. The number of aromatic amines is 1. The first-order valence-corrected chi connectivity index (χ1v) is 5.39. The topological polar surface area (TPSA) is 66.7 Å². The van der Waals surface area contributed by atoms with Crippen LogP contribution in [0.2, 0.25) is 0 Å². The third kappa shape index (κ3) is 2.06. The summed E-state index contributed by atoms with van der Waals surface area (Å²) in [4.78, 5) is 17.4. The van der Waals surface area contributed by atoms with E-state index < -0.39 is 12.1 Å². The van der Waals surface area contributed by atoms with Gasteiger partial charge in [-0.25, -0.2) is 9.64 Å². The molecule has 1 heterocycles. The first kappa shape index (κ1) is 12.1. The molecule has 0 spiro atoms. The Kier molecular flexibility index (Phi) is 3.31. The van der Waals surface area contributed by atoms with Crippen molar-refractivity contribution >= 4 is 22.6 Å². The lowest BCUT2D eigenvalue weighted by atomic mass is 10.1. The molecule has 2 rings (SSSR count). The van der Waals surface area contributed by atoms with Gasteiger partial charge < -0.3 is 14.8 Å². The number of hydrogen-bond acceptors (Lipinski definition) is 2. The fourth-order valence-corrected chi connectivity index (χ4v) is 1.96. The molecule has 0 aliphatic rings. The molecule has 0 saturated heterocycles. The van der Waals surface area contributed by atoms with E-state index in [0.29, 0.717) is 5.69 Å². The molecule has 0 aliphatic carbocycles. The zero-order valence-electron chi connectivity index (χ0n) is 9.80. The van der Waals surface area contributed by atoms with Gasteiger partial charge in [-0.3, -0.25) is 0 Å². The summed E-state index contributed by atoms with van der Waals surface area (Å²) in [7, 11) is 1.36. The molecule has 92 valence electrons. The van der Waals surface area contributed by atoms with Gasteiger partial charge in [0.2, 0.25) is 0 Å². The molecule has 0 unspecified atom stereocenters. The highest BCUT2D eigenvalue weighted by molar-refractivity contribution is 5.95. The minimum Gasteiger partial charge on any atom is -0.479 e. The number of carbonyl (C=O) groups is 1. The minimum atomic E-state index is -1.01. The molecule has 0 saturated carbocycles. The van der Waals surface area contributed by atoms with E-state index in [-0.39, 0.29) is 6.42 Å². The molecular weight excluding hydrogens is 232 g/mol. The van der Waals surface area contributed by atoms with Crippen molar-refractivity contribution in [1.82, 2.24) is 4.98 Å². The van der Waals surface area contributed by atoms with Crippen LogP contribution in [0.5, 0.6) is 0 Å². The predicted molar refractivity (Wildman–Crippen MR) is 66.7 cm³/mol. The van der Waals surface area contributed by atoms with Crippen molar-refractivity contribution in [3.05, 3.63) is 41.4 Å². The van der Waals surface area contributed by atoms with E-state index in [1.807, 2.05) is 6.07 Å². The molecule has 1 atom stereocenters. The first-order chi connectivity index (χ1) is 8.67. The Bertz CT molecular complexity index is 625. The van der Waals surface area contributed by atoms with Crippen LogP contribution in [0.25, 0.3) is 15.7 Å². The van der Waals surface area contributed by atoms with E-state index in [0.717, 1.165) is 16.5 Å². The number of fused-ring (bicyclic) bond motifs is 1. The minimum absolute atomic E-state index is 0.234. The quantitative estimate of drug-likeness (QED) is 0.811. The number of aromatic nitrogens is 1. The highest BCUT2D eigenvalue weighted by atomic mass is 16.5. The van der Waals surface area contributed by atoms with E-state index in [9.17, 15) is 4.79 Å². The lowest BCUT2D eigenvalue weighted by Gasteiger charge is -2.09. The number of ether oxygens (including phenoxy) is 1. The number of hydrogen-bond donors (Lipinski definition) is 2. The second kappa shape index (κ2) is 4.90. The number of carboxylic acid groups (broad SMARTS) is 1. The Morgan fingerprint density at radius 1 is 1.61 bits per heavy atom. The van der Waals surface area contributed by atoms with Gasteiger partial charge in [0.1, 0.15) is 0 Å². The summed E-state index contributed by atoms with van der Waals surface area (Å²) >= 11 is 0. The fraction of sp³-hybridized carbons (Fsp3) is 0.231. The van der Waals surface area contributed by atoms with Crippen molar-refractivity contribution in [2.75, 3.05) is 7.11 Å². The van der Waals surface area contributed by atoms with Crippen molar-refractivity contribution in [3.63, 3.8) is 0 Å². The van der Waals surface area contributed by atoms with E-state index in [4.69, 9.17) is 16.4 Å². The van der Waals surface area contributed by atoms with Gasteiger partial charge in [-0.15, -0.1) is 0 Å². The third-order valence-corrected chi connectivity index (χ3v) is 2.85. The summed E-state index contributed by atoms with van der Waals surface area (Å²) in [5.41, 5.74) is 2.13. The van der Waals surface area contributed by atoms with Crippen molar-refractivity contribution in [1.29, 1.82) is 0 Å². The number of H-pyrrole nitrogens is 1. The predicted octanol–water partition coefficient (Wildman–Crippen LogP) is 2.36. The summed E-state index contributed by atoms with van der Waals surface area (Å²) in [5, 5.41) is 9.75. The van der Waals surface area contributed by atoms with Gasteiger partial charge in [0.05, 0.1) is 6.57 Å². The summed E-state index contributed by atoms with van der Waals surface area (Å²) in [6.07, 6.45) is 1.06. The molecule has 2 N–H and O–H groups in total. The maximum absolute atomic E-state index is 11.0. The van der Waals surface area contributed by atoms with Gasteiger partial charge in [-0.2, -0.15) is 0 Å². The Balaban J connectivity index is 2.46. The monoisotopic (exact) mass is 244 g/mol. The highest BCUT2D eigenvalue weighted by Crippen LogP contribution is 2.29. The normalized spacial score (nSPS) is 12.2. The standard InChI is InChI=1S/C13H12N2O3/c1-14-9-4-3-5-10-12(9)8(7-15-10)6-11(18-2)13(16)17/h3-5,7,11,15H,6H2,2H3,(H,16,17)/t11-/m0/s1. The van der Waals surface area contributed by atoms with E-state index in [1.165, 1.54) is 7.11 Å². The van der Waals surface area contributed by atoms with Crippen LogP contribution in [0.3, 0.4) is 0 Å². The SMILES string of the molecule is [C-]#[N+]c1cccc2[nH]cc(C[C@H](OC)C(=O)O)c12. The second-order valence-electron chi connectivity index (χ2n) is 3.89. The number of benzene rings is 1. The molecule has 0 aliphatic heterocycles. The smallest absolute Gasteiger partial charge is 0.333 e. The van der Waals surface area contributed by atoms with Gasteiger partial charge in [0, 0.05) is 30.6 Å². The number of aliphatic carboxylic acids is 1. The molecule has 5 nitrogen and oxygen atoms in total. The van der Waals surface area contributed by atoms with Gasteiger partial charge in [-0.1, -0.05) is 12.1 Å². The second-order valence-corrected chi connectivity index (χ2v) is 3.89. The molecular formula is C13H12N2O3. The molecule has 1 aromatic carbocycles. The number of carboxylic acids is 1. The van der Waals surface area contributed by atoms with Gasteiger partial charge >= 0.3 is 5.97 Å². The molecule has 2 aromatic rings. The third-order valence-electron chi connectivity index (χ3n) is 2.85. The maximum atomic E-state index is 11.0. The number of methoxy groups -OCH3 is 1. The van der Waals surface area contributed by atoms with Crippen LogP contribution >= 0.6 is 0 Å². The average molecular weight is 244 g/mol. The Hall–Kier alpha value is -2.32. The lowest BCUT2D eigenvalue weighted by molar-refractivity contribution is -0.148. The number of rotatable bonds is 4. The maximum Gasteiger partial charge on any atom is 0.333 e. The van der Waals surface area contributed by atoms with Crippen molar-refractivity contribution < 1.29 is 14.6 Å². The van der Waals surface area contributed by atoms with Crippen LogP contribution in [0.4, 0.5) is 5.69 Å². The van der Waals surface area contributed by atoms with Crippen molar-refractivity contribution in [3.8, 4) is 0 Å². The van der Waals surface area contributed by atoms with Gasteiger partial charge in [0.15, 0.2) is 11.8 Å². The molecule has 0 bridgehead atoms. The van der Waals surface area contributed by atoms with E-state index >= 15 is 0 Å². The molecule has 0 fully saturated rings. The van der Waals surface area contributed by atoms with Crippen LogP contribution in [-0.2, 0) is 16.0 Å². The summed E-state index contributed by atoms with van der Waals surface area (Å²) in [6.45, 7) is 7.14. The van der Waals surface area contributed by atoms with Crippen molar-refractivity contribution in [2.24, 2.45) is 0 Å². The van der Waals surface area contributed by atoms with Crippen LogP contribution in [0, 0.1) is 6.57 Å². The summed E-state index contributed by atoms with van der Waals surface area (Å²) < 4.78 is 4.92. The Morgan fingerprint density at radius 3 is 3.00 bits per heavy atom. The van der Waals surface area contributed by atoms with Gasteiger partial charge in [-0.05, 0) is 11.6 Å². The Labute approximate surface area is 104 Å². The molecule has 0 amide bonds. The zero-order valence-corrected chi connectivity index (χ0v) is 9.80. The van der Waals surface area contributed by atoms with E-state index in [1.54, 1.807) is 18.3 Å². The molecule has 18 heavy (non-hydrogen) atoms. The molecule has 1 aromatic heterocycles. The summed E-state index contributed by atoms with van der Waals surface area (Å²) in [5.74, 6) is -1.01. The zero-order chi connectivity index (χ0) is 13.1. The van der Waals surface area contributed by atoms with Crippen molar-refractivity contribution in [2.45, 2.75) is 12.5 Å². The van der Waals surface area contributed by atoms with Crippen LogP contribution in [-0.4, -0.2) is 29.3 Å². The summed E-state index contributed by atoms with van der Waals surface area (Å²) in [6, 6.07) is 5.37. The van der Waals surface area contributed by atoms with Crippen LogP contribution < -0.4 is 0 Å². The average Bonchev–Trinajstić information content (AvgIpc) is 2.78. The largest absolute Gasteiger partial charge is 0.479 e. The fourth-order valence-electron chi connectivity index (χ4n) is 1.96. The first-order valence-electron chi connectivity index (χ1n) is 5.39. The molecule has 5 heteroatoms.